The second kappa shape index (κ2) is 4.36. The van der Waals surface area contributed by atoms with E-state index in [4.69, 9.17) is 0 Å². The summed E-state index contributed by atoms with van der Waals surface area (Å²) in [6.07, 6.45) is 6.07. The first-order valence-corrected chi connectivity index (χ1v) is 6.59. The number of rotatable bonds is 2. The number of carboxylic acids is 1. The zero-order valence-corrected chi connectivity index (χ0v) is 10.8. The number of carboxylic acid groups (broad SMARTS) is 1. The molecular weight excluding hydrogens is 246 g/mol. The highest BCUT2D eigenvalue weighted by Crippen LogP contribution is 2.42. The van der Waals surface area contributed by atoms with Gasteiger partial charge in [0.25, 0.3) is 5.91 Å². The summed E-state index contributed by atoms with van der Waals surface area (Å²) in [7, 11) is 1.74. The van der Waals surface area contributed by atoms with Crippen LogP contribution in [0.5, 0.6) is 0 Å². The normalized spacial score (nSPS) is 29.5. The first-order chi connectivity index (χ1) is 9.09. The molecule has 0 bridgehead atoms. The Hall–Kier alpha value is -1.85. The molecule has 6 heteroatoms. The van der Waals surface area contributed by atoms with E-state index < -0.39 is 12.0 Å². The number of carbonyl (C=O) groups excluding carboxylic acids is 1. The van der Waals surface area contributed by atoms with Crippen molar-refractivity contribution in [2.45, 2.75) is 25.3 Å². The van der Waals surface area contributed by atoms with Crippen LogP contribution in [0.25, 0.3) is 0 Å². The predicted octanol–water partition coefficient (Wildman–Crippen LogP) is 0.745. The van der Waals surface area contributed by atoms with Gasteiger partial charge in [-0.2, -0.15) is 0 Å². The highest BCUT2D eigenvalue weighted by atomic mass is 16.4. The lowest BCUT2D eigenvalue weighted by atomic mass is 9.94. The van der Waals surface area contributed by atoms with Crippen LogP contribution >= 0.6 is 0 Å². The number of fused-ring (bicyclic) bond motifs is 1. The minimum atomic E-state index is -0.884. The molecule has 1 saturated carbocycles. The summed E-state index contributed by atoms with van der Waals surface area (Å²) in [4.78, 5) is 29.4. The fourth-order valence-electron chi connectivity index (χ4n) is 3.54. The minimum Gasteiger partial charge on any atom is -0.480 e. The van der Waals surface area contributed by atoms with Gasteiger partial charge in [-0.25, -0.2) is 9.78 Å². The van der Waals surface area contributed by atoms with Crippen LogP contribution in [0.4, 0.5) is 0 Å². The zero-order valence-electron chi connectivity index (χ0n) is 10.8. The topological polar surface area (TPSA) is 75.4 Å². The van der Waals surface area contributed by atoms with E-state index in [9.17, 15) is 14.7 Å². The molecule has 3 atom stereocenters. The zero-order chi connectivity index (χ0) is 13.6. The van der Waals surface area contributed by atoms with Crippen LogP contribution < -0.4 is 0 Å². The van der Waals surface area contributed by atoms with E-state index in [1.807, 2.05) is 0 Å². The molecule has 1 aromatic heterocycles. The average molecular weight is 263 g/mol. The van der Waals surface area contributed by atoms with Gasteiger partial charge in [0.1, 0.15) is 11.7 Å². The van der Waals surface area contributed by atoms with Gasteiger partial charge >= 0.3 is 5.97 Å². The Morgan fingerprint density at radius 2 is 2.21 bits per heavy atom. The molecule has 2 aliphatic rings. The second-order valence-corrected chi connectivity index (χ2v) is 5.49. The molecule has 1 aliphatic heterocycles. The number of nitrogens with zero attached hydrogens (tertiary/aromatic N) is 3. The van der Waals surface area contributed by atoms with Gasteiger partial charge in [-0.1, -0.05) is 6.42 Å². The van der Waals surface area contributed by atoms with Crippen molar-refractivity contribution < 1.29 is 14.7 Å². The molecule has 0 radical (unpaired) electrons. The van der Waals surface area contributed by atoms with Crippen molar-refractivity contribution in [2.24, 2.45) is 18.9 Å². The van der Waals surface area contributed by atoms with Crippen LogP contribution in [-0.4, -0.2) is 44.0 Å². The lowest BCUT2D eigenvalue weighted by molar-refractivity contribution is -0.142. The third-order valence-corrected chi connectivity index (χ3v) is 4.44. The van der Waals surface area contributed by atoms with Crippen molar-refractivity contribution in [1.29, 1.82) is 0 Å². The number of aliphatic carboxylic acids is 1. The van der Waals surface area contributed by atoms with Crippen molar-refractivity contribution in [3.05, 3.63) is 18.2 Å². The van der Waals surface area contributed by atoms with Crippen LogP contribution in [0.15, 0.2) is 12.5 Å². The number of likely N-dealkylation sites (tertiary alicyclic amines) is 1. The number of amides is 1. The Kier molecular flexibility index (Phi) is 2.80. The Morgan fingerprint density at radius 3 is 2.84 bits per heavy atom. The van der Waals surface area contributed by atoms with Crippen LogP contribution in [-0.2, 0) is 11.8 Å². The van der Waals surface area contributed by atoms with Crippen molar-refractivity contribution in [3.8, 4) is 0 Å². The molecule has 1 amide bonds. The maximum atomic E-state index is 12.5. The van der Waals surface area contributed by atoms with E-state index in [0.717, 1.165) is 19.3 Å². The number of hydrogen-bond acceptors (Lipinski definition) is 3. The Labute approximate surface area is 111 Å². The molecule has 0 spiro atoms. The molecule has 19 heavy (non-hydrogen) atoms. The summed E-state index contributed by atoms with van der Waals surface area (Å²) in [6, 6.07) is -0.671. The molecule has 0 aromatic carbocycles. The Bertz CT molecular complexity index is 525. The quantitative estimate of drug-likeness (QED) is 0.854. The summed E-state index contributed by atoms with van der Waals surface area (Å²) in [5.41, 5.74) is 0.450. The molecule has 6 nitrogen and oxygen atoms in total. The third-order valence-electron chi connectivity index (χ3n) is 4.44. The van der Waals surface area contributed by atoms with Gasteiger partial charge in [0.15, 0.2) is 0 Å². The third kappa shape index (κ3) is 1.82. The molecule has 1 saturated heterocycles. The number of carbonyl (C=O) groups is 2. The smallest absolute Gasteiger partial charge is 0.326 e. The van der Waals surface area contributed by atoms with E-state index >= 15 is 0 Å². The van der Waals surface area contributed by atoms with E-state index in [0.29, 0.717) is 18.2 Å². The van der Waals surface area contributed by atoms with Gasteiger partial charge in [0, 0.05) is 13.6 Å². The van der Waals surface area contributed by atoms with Crippen LogP contribution in [0.1, 0.15) is 29.8 Å². The first-order valence-electron chi connectivity index (χ1n) is 6.59. The van der Waals surface area contributed by atoms with Crippen LogP contribution in [0, 0.1) is 11.8 Å². The van der Waals surface area contributed by atoms with Crippen LogP contribution in [0.2, 0.25) is 0 Å². The fraction of sp³-hybridized carbons (Fsp3) is 0.615. The van der Waals surface area contributed by atoms with Crippen molar-refractivity contribution >= 4 is 11.9 Å². The second-order valence-electron chi connectivity index (χ2n) is 5.49. The van der Waals surface area contributed by atoms with Crippen LogP contribution in [0.3, 0.4) is 0 Å². The Morgan fingerprint density at radius 1 is 1.42 bits per heavy atom. The van der Waals surface area contributed by atoms with Gasteiger partial charge in [-0.3, -0.25) is 4.79 Å². The SMILES string of the molecule is Cn1cncc1C(=O)N1CC2CCCC2C1C(=O)O. The number of imidazole rings is 1. The summed E-state index contributed by atoms with van der Waals surface area (Å²) in [5, 5.41) is 9.43. The number of aromatic nitrogens is 2. The fourth-order valence-corrected chi connectivity index (χ4v) is 3.54. The molecule has 2 fully saturated rings. The van der Waals surface area contributed by atoms with E-state index in [2.05, 4.69) is 4.98 Å². The van der Waals surface area contributed by atoms with E-state index in [-0.39, 0.29) is 11.8 Å². The minimum absolute atomic E-state index is 0.120. The van der Waals surface area contributed by atoms with Gasteiger partial charge in [-0.15, -0.1) is 0 Å². The van der Waals surface area contributed by atoms with Crippen molar-refractivity contribution in [1.82, 2.24) is 14.5 Å². The molecular formula is C13H17N3O3. The highest BCUT2D eigenvalue weighted by Gasteiger charge is 2.49. The maximum Gasteiger partial charge on any atom is 0.326 e. The summed E-state index contributed by atoms with van der Waals surface area (Å²) in [6.45, 7) is 0.561. The van der Waals surface area contributed by atoms with Gasteiger partial charge in [-0.05, 0) is 24.7 Å². The number of aryl methyl sites for hydroxylation is 1. The van der Waals surface area contributed by atoms with Crippen molar-refractivity contribution in [2.75, 3.05) is 6.54 Å². The summed E-state index contributed by atoms with van der Waals surface area (Å²) in [5.74, 6) is -0.639. The molecule has 1 aliphatic carbocycles. The monoisotopic (exact) mass is 263 g/mol. The molecule has 3 unspecified atom stereocenters. The van der Waals surface area contributed by atoms with E-state index in [1.54, 1.807) is 17.9 Å². The van der Waals surface area contributed by atoms with Crippen molar-refractivity contribution in [3.63, 3.8) is 0 Å². The van der Waals surface area contributed by atoms with Gasteiger partial charge < -0.3 is 14.6 Å². The Balaban J connectivity index is 1.90. The first kappa shape index (κ1) is 12.2. The summed E-state index contributed by atoms with van der Waals surface area (Å²) >= 11 is 0. The highest BCUT2D eigenvalue weighted by molar-refractivity contribution is 5.95. The van der Waals surface area contributed by atoms with Gasteiger partial charge in [0.05, 0.1) is 12.5 Å². The standard InChI is InChI=1S/C13H17N3O3/c1-15-7-14-5-10(15)12(17)16-6-8-3-2-4-9(8)11(16)13(18)19/h5,7-9,11H,2-4,6H2,1H3,(H,18,19). The van der Waals surface area contributed by atoms with E-state index in [1.165, 1.54) is 11.1 Å². The molecule has 2 heterocycles. The average Bonchev–Trinajstić information content (AvgIpc) is 3.00. The van der Waals surface area contributed by atoms with Gasteiger partial charge in [0.2, 0.25) is 0 Å². The molecule has 1 N–H and O–H groups in total. The lowest BCUT2D eigenvalue weighted by Crippen LogP contribution is -2.43. The molecule has 102 valence electrons. The molecule has 1 aromatic rings. The predicted molar refractivity (Wildman–Crippen MR) is 66.5 cm³/mol. The lowest BCUT2D eigenvalue weighted by Gasteiger charge is -2.24. The molecule has 3 rings (SSSR count). The maximum absolute atomic E-state index is 12.5. The number of hydrogen-bond donors (Lipinski definition) is 1. The summed E-state index contributed by atoms with van der Waals surface area (Å²) < 4.78 is 1.63. The largest absolute Gasteiger partial charge is 0.480 e.